The molecule has 2 unspecified atom stereocenters. The summed E-state index contributed by atoms with van der Waals surface area (Å²) >= 11 is 0. The van der Waals surface area contributed by atoms with Gasteiger partial charge in [-0.3, -0.25) is 9.59 Å². The van der Waals surface area contributed by atoms with Crippen LogP contribution in [0, 0.1) is 0 Å². The van der Waals surface area contributed by atoms with Gasteiger partial charge < -0.3 is 28.6 Å². The van der Waals surface area contributed by atoms with Gasteiger partial charge >= 0.3 is 11.9 Å². The highest BCUT2D eigenvalue weighted by molar-refractivity contribution is 5.70. The molecule has 0 radical (unpaired) electrons. The molecule has 0 aliphatic rings. The molecule has 0 bridgehead atoms. The number of rotatable bonds is 41. The highest BCUT2D eigenvalue weighted by atomic mass is 16.6. The first-order chi connectivity index (χ1) is 28.1. The van der Waals surface area contributed by atoms with Crippen molar-refractivity contribution in [1.82, 2.24) is 0 Å². The van der Waals surface area contributed by atoms with Gasteiger partial charge in [0.25, 0.3) is 0 Å². The van der Waals surface area contributed by atoms with Crippen LogP contribution in [0.15, 0.2) is 60.8 Å². The second kappa shape index (κ2) is 40.8. The Kier molecular flexibility index (Phi) is 38.7. The Morgan fingerprint density at radius 2 is 0.914 bits per heavy atom. The van der Waals surface area contributed by atoms with E-state index in [-0.39, 0.29) is 42.7 Å². The van der Waals surface area contributed by atoms with Crippen molar-refractivity contribution in [3.8, 4) is 0 Å². The number of hydrogen-bond acceptors (Lipinski definition) is 7. The van der Waals surface area contributed by atoms with Gasteiger partial charge in [-0.1, -0.05) is 164 Å². The third kappa shape index (κ3) is 38.5. The molecule has 0 rings (SSSR count). The van der Waals surface area contributed by atoms with Crippen molar-refractivity contribution in [2.24, 2.45) is 0 Å². The molecule has 0 saturated heterocycles. The van der Waals surface area contributed by atoms with Crippen molar-refractivity contribution in [2.45, 2.75) is 199 Å². The number of carboxylic acid groups (broad SMARTS) is 1. The summed E-state index contributed by atoms with van der Waals surface area (Å²) in [5, 5.41) is 11.6. The smallest absolute Gasteiger partial charge is 0.306 e. The fraction of sp³-hybridized carbons (Fsp3) is 0.740. The van der Waals surface area contributed by atoms with E-state index in [9.17, 15) is 19.5 Å². The van der Waals surface area contributed by atoms with E-state index in [0.29, 0.717) is 19.3 Å². The maximum Gasteiger partial charge on any atom is 0.306 e. The minimum Gasteiger partial charge on any atom is -0.544 e. The Hall–Kier alpha value is -2.97. The van der Waals surface area contributed by atoms with Crippen molar-refractivity contribution in [3.05, 3.63) is 60.8 Å². The quantitative estimate of drug-likeness (QED) is 0.0262. The molecule has 0 N–H and O–H groups in total. The summed E-state index contributed by atoms with van der Waals surface area (Å²) in [7, 11) is 5.39. The minimum absolute atomic E-state index is 0.0266. The molecule has 2 atom stereocenters. The standard InChI is InChI=1S/C50H87NO7/c1-6-8-10-12-14-16-18-20-21-22-23-24-25-26-27-29-30-32-34-36-38-40-48(52)57-45-46(44-56-43-42-47(50(54)55)51(3,4)5)58-49(53)41-39-37-35-33-31-28-19-17-15-13-11-9-7-2/h14,16,20-21,23-24,26-27,30,32,46-47H,6-13,15,17-19,22,25,28-29,31,33-45H2,1-5H3/b16-14+,21-20+,24-23+,27-26+,32-30+. The highest BCUT2D eigenvalue weighted by Crippen LogP contribution is 2.14. The third-order valence-electron chi connectivity index (χ3n) is 10.2. The van der Waals surface area contributed by atoms with Crippen LogP contribution in [0.5, 0.6) is 0 Å². The average molecular weight is 814 g/mol. The summed E-state index contributed by atoms with van der Waals surface area (Å²) in [5.74, 6) is -1.79. The molecule has 0 aromatic rings. The van der Waals surface area contributed by atoms with Gasteiger partial charge in [0.05, 0.1) is 40.3 Å². The summed E-state index contributed by atoms with van der Waals surface area (Å²) in [4.78, 5) is 36.9. The lowest BCUT2D eigenvalue weighted by atomic mass is 10.0. The monoisotopic (exact) mass is 814 g/mol. The Morgan fingerprint density at radius 1 is 0.517 bits per heavy atom. The van der Waals surface area contributed by atoms with Gasteiger partial charge in [0, 0.05) is 19.3 Å². The third-order valence-corrected chi connectivity index (χ3v) is 10.2. The second-order valence-corrected chi connectivity index (χ2v) is 16.6. The van der Waals surface area contributed by atoms with E-state index in [1.165, 1.54) is 89.9 Å². The van der Waals surface area contributed by atoms with Crippen LogP contribution in [0.1, 0.15) is 187 Å². The summed E-state index contributed by atoms with van der Waals surface area (Å²) < 4.78 is 17.1. The molecule has 0 heterocycles. The fourth-order valence-electron chi connectivity index (χ4n) is 6.50. The highest BCUT2D eigenvalue weighted by Gasteiger charge is 2.25. The first kappa shape index (κ1) is 55.0. The van der Waals surface area contributed by atoms with Crippen LogP contribution in [0.25, 0.3) is 0 Å². The van der Waals surface area contributed by atoms with Crippen LogP contribution in [-0.4, -0.2) is 75.5 Å². The Balaban J connectivity index is 4.38. The van der Waals surface area contributed by atoms with Crippen molar-refractivity contribution in [3.63, 3.8) is 0 Å². The lowest BCUT2D eigenvalue weighted by Crippen LogP contribution is -2.55. The molecule has 0 saturated carbocycles. The van der Waals surface area contributed by atoms with E-state index in [4.69, 9.17) is 14.2 Å². The van der Waals surface area contributed by atoms with E-state index < -0.39 is 18.1 Å². The molecule has 0 aromatic carbocycles. The zero-order valence-electron chi connectivity index (χ0n) is 37.9. The van der Waals surface area contributed by atoms with Gasteiger partial charge in [-0.15, -0.1) is 0 Å². The van der Waals surface area contributed by atoms with Gasteiger partial charge in [-0.25, -0.2) is 0 Å². The van der Waals surface area contributed by atoms with Gasteiger partial charge in [0.1, 0.15) is 12.6 Å². The van der Waals surface area contributed by atoms with Crippen molar-refractivity contribution < 1.29 is 38.2 Å². The molecule has 58 heavy (non-hydrogen) atoms. The summed E-state index contributed by atoms with van der Waals surface area (Å²) in [6.45, 7) is 4.59. The lowest BCUT2D eigenvalue weighted by molar-refractivity contribution is -0.889. The van der Waals surface area contributed by atoms with Crippen LogP contribution in [0.3, 0.4) is 0 Å². The Labute approximate surface area is 356 Å². The molecule has 334 valence electrons. The topological polar surface area (TPSA) is 102 Å². The molecule has 0 spiro atoms. The molecule has 0 amide bonds. The van der Waals surface area contributed by atoms with Gasteiger partial charge in [-0.05, 0) is 64.2 Å². The van der Waals surface area contributed by atoms with Gasteiger partial charge in [-0.2, -0.15) is 0 Å². The first-order valence-corrected chi connectivity index (χ1v) is 23.3. The number of carbonyl (C=O) groups is 3. The molecule has 8 heteroatoms. The van der Waals surface area contributed by atoms with Crippen molar-refractivity contribution in [1.29, 1.82) is 0 Å². The fourth-order valence-corrected chi connectivity index (χ4v) is 6.50. The molecule has 0 aromatic heterocycles. The van der Waals surface area contributed by atoms with Crippen LogP contribution >= 0.6 is 0 Å². The maximum atomic E-state index is 12.7. The summed E-state index contributed by atoms with van der Waals surface area (Å²) in [6, 6.07) is -0.733. The molecular weight excluding hydrogens is 727 g/mol. The van der Waals surface area contributed by atoms with E-state index in [0.717, 1.165) is 57.8 Å². The number of likely N-dealkylation sites (N-methyl/N-ethyl adjacent to an activating group) is 1. The Morgan fingerprint density at radius 3 is 1.38 bits per heavy atom. The van der Waals surface area contributed by atoms with Crippen molar-refractivity contribution >= 4 is 17.9 Å². The van der Waals surface area contributed by atoms with Crippen LogP contribution < -0.4 is 5.11 Å². The number of aliphatic carboxylic acids is 1. The van der Waals surface area contributed by atoms with Crippen LogP contribution in [0.4, 0.5) is 0 Å². The number of nitrogens with zero attached hydrogens (tertiary/aromatic N) is 1. The zero-order chi connectivity index (χ0) is 42.8. The maximum absolute atomic E-state index is 12.7. The molecular formula is C50H87NO7. The number of quaternary nitrogens is 1. The zero-order valence-corrected chi connectivity index (χ0v) is 37.9. The molecule has 0 aliphatic heterocycles. The van der Waals surface area contributed by atoms with Crippen LogP contribution in [0.2, 0.25) is 0 Å². The predicted molar refractivity (Wildman–Crippen MR) is 240 cm³/mol. The first-order valence-electron chi connectivity index (χ1n) is 23.3. The van der Waals surface area contributed by atoms with E-state index in [1.54, 1.807) is 21.1 Å². The summed E-state index contributed by atoms with van der Waals surface area (Å²) in [5.41, 5.74) is 0. The number of allylic oxidation sites excluding steroid dienone is 10. The van der Waals surface area contributed by atoms with E-state index in [2.05, 4.69) is 74.6 Å². The minimum atomic E-state index is -1.13. The van der Waals surface area contributed by atoms with Gasteiger partial charge in [0.2, 0.25) is 0 Å². The summed E-state index contributed by atoms with van der Waals surface area (Å²) in [6.07, 6.45) is 49.6. The van der Waals surface area contributed by atoms with Gasteiger partial charge in [0.15, 0.2) is 6.10 Å². The van der Waals surface area contributed by atoms with E-state index >= 15 is 0 Å². The lowest BCUT2D eigenvalue weighted by Gasteiger charge is -2.34. The number of hydrogen-bond donors (Lipinski definition) is 0. The molecule has 0 fully saturated rings. The normalized spacial score (nSPS) is 13.5. The average Bonchev–Trinajstić information content (AvgIpc) is 3.18. The SMILES string of the molecule is CCCCC/C=C/C/C=C/C/C=C/C/C=C/C/C=C/CCCCC(=O)OCC(COCCC(C(=O)[O-])[N+](C)(C)C)OC(=O)CCCCCCCCCCCCCCC. The number of ether oxygens (including phenoxy) is 3. The van der Waals surface area contributed by atoms with Crippen LogP contribution in [-0.2, 0) is 28.6 Å². The number of unbranched alkanes of at least 4 members (excludes halogenated alkanes) is 17. The van der Waals surface area contributed by atoms with E-state index in [1.807, 2.05) is 0 Å². The largest absolute Gasteiger partial charge is 0.544 e. The number of esters is 2. The van der Waals surface area contributed by atoms with Crippen molar-refractivity contribution in [2.75, 3.05) is 41.0 Å². The molecule has 8 nitrogen and oxygen atoms in total. The number of carboxylic acids is 1. The predicted octanol–water partition coefficient (Wildman–Crippen LogP) is 11.6. The molecule has 0 aliphatic carbocycles. The number of carbonyl (C=O) groups excluding carboxylic acids is 3. The second-order valence-electron chi connectivity index (χ2n) is 16.6. The Bertz CT molecular complexity index is 1130.